The lowest BCUT2D eigenvalue weighted by atomic mass is 10.1. The molecule has 2 rings (SSSR count). The first-order chi connectivity index (χ1) is 8.10. The van der Waals surface area contributed by atoms with Crippen LogP contribution in [0, 0.1) is 11.3 Å². The molecule has 0 N–H and O–H groups in total. The van der Waals surface area contributed by atoms with Gasteiger partial charge in [-0.1, -0.05) is 11.6 Å². The lowest BCUT2D eigenvalue weighted by molar-refractivity contribution is -0.00522. The average molecular weight is 251 g/mol. The van der Waals surface area contributed by atoms with Gasteiger partial charge in [-0.25, -0.2) is 0 Å². The highest BCUT2D eigenvalue weighted by Crippen LogP contribution is 2.26. The van der Waals surface area contributed by atoms with E-state index in [-0.39, 0.29) is 12.2 Å². The van der Waals surface area contributed by atoms with Crippen molar-refractivity contribution in [3.05, 3.63) is 28.8 Å². The van der Waals surface area contributed by atoms with E-state index in [4.69, 9.17) is 21.6 Å². The molecular weight excluding hydrogens is 236 g/mol. The number of hydrogen-bond acceptors (Lipinski definition) is 3. The summed E-state index contributed by atoms with van der Waals surface area (Å²) in [6.07, 6.45) is 0.363. The average Bonchev–Trinajstić information content (AvgIpc) is 2.27. The molecule has 3 nitrogen and oxygen atoms in total. The Morgan fingerprint density at radius 1 is 1.35 bits per heavy atom. The maximum absolute atomic E-state index is 9.14. The summed E-state index contributed by atoms with van der Waals surface area (Å²) in [4.78, 5) is 2.19. The first-order valence-corrected chi connectivity index (χ1v) is 6.08. The molecule has 1 saturated heterocycles. The van der Waals surface area contributed by atoms with Crippen molar-refractivity contribution in [1.29, 1.82) is 5.26 Å². The van der Waals surface area contributed by atoms with E-state index in [9.17, 15) is 0 Å². The zero-order valence-electron chi connectivity index (χ0n) is 9.98. The van der Waals surface area contributed by atoms with Crippen LogP contribution in [0.2, 0.25) is 5.02 Å². The molecule has 0 bridgehead atoms. The highest BCUT2D eigenvalue weighted by molar-refractivity contribution is 6.30. The third kappa shape index (κ3) is 2.71. The van der Waals surface area contributed by atoms with Gasteiger partial charge in [-0.05, 0) is 32.0 Å². The van der Waals surface area contributed by atoms with Gasteiger partial charge in [0.05, 0.1) is 23.5 Å². The summed E-state index contributed by atoms with van der Waals surface area (Å²) in [5.41, 5.74) is 1.57. The first kappa shape index (κ1) is 12.2. The van der Waals surface area contributed by atoms with Crippen LogP contribution in [0.3, 0.4) is 0 Å². The summed E-state index contributed by atoms with van der Waals surface area (Å²) in [7, 11) is 0. The minimum Gasteiger partial charge on any atom is -0.372 e. The number of nitriles is 1. The van der Waals surface area contributed by atoms with Gasteiger partial charge in [-0.15, -0.1) is 0 Å². The van der Waals surface area contributed by atoms with Gasteiger partial charge in [-0.2, -0.15) is 5.26 Å². The van der Waals surface area contributed by atoms with Crippen LogP contribution < -0.4 is 4.90 Å². The third-order valence-corrected chi connectivity index (χ3v) is 3.07. The lowest BCUT2D eigenvalue weighted by Crippen LogP contribution is -2.45. The van der Waals surface area contributed by atoms with Crippen molar-refractivity contribution in [2.75, 3.05) is 18.0 Å². The van der Waals surface area contributed by atoms with Crippen LogP contribution in [-0.4, -0.2) is 25.3 Å². The maximum Gasteiger partial charge on any atom is 0.101 e. The molecule has 90 valence electrons. The summed E-state index contributed by atoms with van der Waals surface area (Å²) >= 11 is 5.90. The van der Waals surface area contributed by atoms with Gasteiger partial charge < -0.3 is 9.64 Å². The Bertz CT molecular complexity index is 445. The topological polar surface area (TPSA) is 36.3 Å². The molecule has 0 radical (unpaired) electrons. The Morgan fingerprint density at radius 3 is 2.59 bits per heavy atom. The number of hydrogen-bond donors (Lipinski definition) is 0. The third-order valence-electron chi connectivity index (χ3n) is 2.84. The van der Waals surface area contributed by atoms with Crippen molar-refractivity contribution < 1.29 is 4.74 Å². The van der Waals surface area contributed by atoms with Crippen LogP contribution in [0.5, 0.6) is 0 Å². The summed E-state index contributed by atoms with van der Waals surface area (Å²) in [6.45, 7) is 5.70. The van der Waals surface area contributed by atoms with Gasteiger partial charge in [-0.3, -0.25) is 0 Å². The quantitative estimate of drug-likeness (QED) is 0.769. The fourth-order valence-electron chi connectivity index (χ4n) is 2.25. The van der Waals surface area contributed by atoms with Crippen molar-refractivity contribution in [1.82, 2.24) is 0 Å². The monoisotopic (exact) mass is 250 g/mol. The molecule has 0 aliphatic carbocycles. The van der Waals surface area contributed by atoms with E-state index in [1.807, 2.05) is 26.0 Å². The van der Waals surface area contributed by atoms with Crippen molar-refractivity contribution in [3.63, 3.8) is 0 Å². The van der Waals surface area contributed by atoms with Gasteiger partial charge >= 0.3 is 0 Å². The van der Waals surface area contributed by atoms with Gasteiger partial charge in [0.1, 0.15) is 6.07 Å². The van der Waals surface area contributed by atoms with E-state index in [2.05, 4.69) is 11.0 Å². The van der Waals surface area contributed by atoms with Crippen LogP contribution in [0.15, 0.2) is 18.2 Å². The van der Waals surface area contributed by atoms with Crippen LogP contribution in [0.1, 0.15) is 19.4 Å². The number of benzene rings is 1. The van der Waals surface area contributed by atoms with Gasteiger partial charge in [0.2, 0.25) is 0 Å². The summed E-state index contributed by atoms with van der Waals surface area (Å²) in [5, 5.41) is 9.74. The molecule has 1 fully saturated rings. The number of anilines is 1. The van der Waals surface area contributed by atoms with Gasteiger partial charge in [0.15, 0.2) is 0 Å². The Kier molecular flexibility index (Phi) is 3.56. The molecule has 0 spiro atoms. The van der Waals surface area contributed by atoms with E-state index in [1.54, 1.807) is 6.07 Å². The van der Waals surface area contributed by atoms with E-state index < -0.39 is 0 Å². The smallest absolute Gasteiger partial charge is 0.101 e. The van der Waals surface area contributed by atoms with Crippen LogP contribution >= 0.6 is 11.6 Å². The molecule has 0 amide bonds. The number of rotatable bonds is 1. The highest BCUT2D eigenvalue weighted by atomic mass is 35.5. The Morgan fingerprint density at radius 2 is 2.00 bits per heavy atom. The molecule has 0 aromatic heterocycles. The van der Waals surface area contributed by atoms with Gasteiger partial charge in [0.25, 0.3) is 0 Å². The summed E-state index contributed by atoms with van der Waals surface area (Å²) < 4.78 is 5.68. The molecule has 1 aromatic carbocycles. The predicted molar refractivity (Wildman–Crippen MR) is 68.4 cm³/mol. The zero-order chi connectivity index (χ0) is 12.4. The standard InChI is InChI=1S/C13H15ClN2O/c1-9-7-16(8-10(2)17-9)13-4-3-12(14)5-11(13)6-15/h3-5,9-10H,7-8H2,1-2H3/t9-,10+. The Balaban J connectivity index is 2.30. The number of halogens is 1. The van der Waals surface area contributed by atoms with Crippen molar-refractivity contribution in [2.24, 2.45) is 0 Å². The summed E-state index contributed by atoms with van der Waals surface area (Å²) in [5.74, 6) is 0. The van der Waals surface area contributed by atoms with E-state index in [0.29, 0.717) is 10.6 Å². The number of nitrogens with zero attached hydrogens (tertiary/aromatic N) is 2. The van der Waals surface area contributed by atoms with Crippen LogP contribution in [0.25, 0.3) is 0 Å². The van der Waals surface area contributed by atoms with Crippen LogP contribution in [-0.2, 0) is 4.74 Å². The number of ether oxygens (including phenoxy) is 1. The second kappa shape index (κ2) is 4.95. The normalized spacial score (nSPS) is 24.5. The first-order valence-electron chi connectivity index (χ1n) is 5.70. The Hall–Kier alpha value is -1.24. The summed E-state index contributed by atoms with van der Waals surface area (Å²) in [6, 6.07) is 7.64. The molecule has 0 unspecified atom stereocenters. The van der Waals surface area contributed by atoms with Crippen molar-refractivity contribution >= 4 is 17.3 Å². The largest absolute Gasteiger partial charge is 0.372 e. The van der Waals surface area contributed by atoms with Crippen LogP contribution in [0.4, 0.5) is 5.69 Å². The molecule has 2 atom stereocenters. The van der Waals surface area contributed by atoms with E-state index in [0.717, 1.165) is 18.8 Å². The molecule has 1 aliphatic heterocycles. The maximum atomic E-state index is 9.14. The predicted octanol–water partition coefficient (Wildman–Crippen LogP) is 2.83. The number of morpholine rings is 1. The van der Waals surface area contributed by atoms with Crippen molar-refractivity contribution in [2.45, 2.75) is 26.1 Å². The highest BCUT2D eigenvalue weighted by Gasteiger charge is 2.23. The Labute approximate surface area is 107 Å². The second-order valence-electron chi connectivity index (χ2n) is 4.44. The molecule has 17 heavy (non-hydrogen) atoms. The fourth-order valence-corrected chi connectivity index (χ4v) is 2.42. The minimum atomic E-state index is 0.181. The lowest BCUT2D eigenvalue weighted by Gasteiger charge is -2.37. The fraction of sp³-hybridized carbons (Fsp3) is 0.462. The van der Waals surface area contributed by atoms with Crippen molar-refractivity contribution in [3.8, 4) is 6.07 Å². The molecule has 4 heteroatoms. The zero-order valence-corrected chi connectivity index (χ0v) is 10.7. The second-order valence-corrected chi connectivity index (χ2v) is 4.87. The minimum absolute atomic E-state index is 0.181. The molecular formula is C13H15ClN2O. The van der Waals surface area contributed by atoms with E-state index >= 15 is 0 Å². The van der Waals surface area contributed by atoms with Gasteiger partial charge in [0, 0.05) is 18.1 Å². The molecule has 0 saturated carbocycles. The molecule has 1 aromatic rings. The molecule has 1 aliphatic rings. The molecule has 1 heterocycles. The SMILES string of the molecule is C[C@@H]1CN(c2ccc(Cl)cc2C#N)C[C@H](C)O1. The van der Waals surface area contributed by atoms with E-state index in [1.165, 1.54) is 0 Å².